The number of hydrogen-bond acceptors (Lipinski definition) is 5. The quantitative estimate of drug-likeness (QED) is 0.478. The van der Waals surface area contributed by atoms with E-state index in [0.29, 0.717) is 13.1 Å². The fraction of sp³-hybridized carbons (Fsp3) is 0.462. The molecule has 5 N–H and O–H groups in total. The van der Waals surface area contributed by atoms with E-state index in [9.17, 15) is 14.7 Å². The Morgan fingerprint density at radius 1 is 0.971 bits per heavy atom. The molecule has 2 aliphatic rings. The molecule has 4 rings (SSSR count). The van der Waals surface area contributed by atoms with Crippen molar-refractivity contribution in [1.82, 2.24) is 15.1 Å². The van der Waals surface area contributed by atoms with Gasteiger partial charge in [0.25, 0.3) is 0 Å². The number of urea groups is 1. The van der Waals surface area contributed by atoms with Crippen LogP contribution in [-0.4, -0.2) is 77.8 Å². The van der Waals surface area contributed by atoms with Gasteiger partial charge in [-0.2, -0.15) is 0 Å². The molecule has 0 aromatic heterocycles. The van der Waals surface area contributed by atoms with E-state index in [2.05, 4.69) is 15.5 Å². The Hall–Kier alpha value is -2.94. The third-order valence-electron chi connectivity index (χ3n) is 6.79. The minimum atomic E-state index is -0.526. The number of amides is 3. The molecule has 0 radical (unpaired) electrons. The van der Waals surface area contributed by atoms with Gasteiger partial charge in [-0.1, -0.05) is 48.5 Å². The number of benzene rings is 2. The maximum Gasteiger partial charge on any atom is 0.319 e. The zero-order valence-corrected chi connectivity index (χ0v) is 19.5. The van der Waals surface area contributed by atoms with Crippen molar-refractivity contribution in [3.63, 3.8) is 0 Å². The number of para-hydroxylation sites is 1. The number of aliphatic hydroxyl groups is 1. The summed E-state index contributed by atoms with van der Waals surface area (Å²) in [6.45, 7) is 3.45. The number of β-amino-alcohol motifs (C(OH)–C–C–N with tert-alkyl or cyclic N) is 1. The second-order valence-electron chi connectivity index (χ2n) is 9.29. The standard InChI is InChI=1S/C26H35N5O3/c27-25(33)24-11-6-14-31(24)18-21(32)17-30-15-12-20(13-16-30)28-26(34)29-23-10-5-4-9-22(23)19-7-2-1-3-8-19/h1-5,7-10,20-21,24,32H,6,11-18H2,(H2,27,33)(H2,28,29,34)/t21?,24-/m0/s1. The van der Waals surface area contributed by atoms with Gasteiger partial charge in [-0.25, -0.2) is 4.79 Å². The summed E-state index contributed by atoms with van der Waals surface area (Å²) in [5.41, 5.74) is 8.30. The van der Waals surface area contributed by atoms with E-state index in [4.69, 9.17) is 5.73 Å². The van der Waals surface area contributed by atoms with Crippen molar-refractivity contribution < 1.29 is 14.7 Å². The van der Waals surface area contributed by atoms with E-state index in [1.165, 1.54) is 0 Å². The molecule has 3 amide bonds. The summed E-state index contributed by atoms with van der Waals surface area (Å²) in [5.74, 6) is -0.304. The van der Waals surface area contributed by atoms with Crippen LogP contribution < -0.4 is 16.4 Å². The Morgan fingerprint density at radius 3 is 2.41 bits per heavy atom. The first kappa shape index (κ1) is 24.2. The van der Waals surface area contributed by atoms with Crippen molar-refractivity contribution in [3.05, 3.63) is 54.6 Å². The molecule has 8 nitrogen and oxygen atoms in total. The number of primary amides is 1. The first-order valence-electron chi connectivity index (χ1n) is 12.2. The lowest BCUT2D eigenvalue weighted by molar-refractivity contribution is -0.122. The van der Waals surface area contributed by atoms with E-state index in [0.717, 1.165) is 62.1 Å². The molecule has 2 saturated heterocycles. The zero-order chi connectivity index (χ0) is 23.9. The summed E-state index contributed by atoms with van der Waals surface area (Å²) in [6, 6.07) is 17.4. The van der Waals surface area contributed by atoms with Crippen LogP contribution in [-0.2, 0) is 4.79 Å². The number of nitrogens with two attached hydrogens (primary N) is 1. The van der Waals surface area contributed by atoms with Gasteiger partial charge in [0.2, 0.25) is 5.91 Å². The number of rotatable bonds is 8. The van der Waals surface area contributed by atoms with Crippen molar-refractivity contribution in [3.8, 4) is 11.1 Å². The number of piperidine rings is 1. The molecule has 2 aromatic carbocycles. The minimum Gasteiger partial charge on any atom is -0.390 e. The molecule has 2 fully saturated rings. The number of carbonyl (C=O) groups is 2. The summed E-state index contributed by atoms with van der Waals surface area (Å²) >= 11 is 0. The summed E-state index contributed by atoms with van der Waals surface area (Å²) in [4.78, 5) is 28.5. The normalized spacial score (nSPS) is 20.7. The van der Waals surface area contributed by atoms with Gasteiger partial charge in [0, 0.05) is 37.8 Å². The summed E-state index contributed by atoms with van der Waals surface area (Å²) in [7, 11) is 0. The second kappa shape index (κ2) is 11.5. The van der Waals surface area contributed by atoms with Crippen LogP contribution >= 0.6 is 0 Å². The number of anilines is 1. The predicted molar refractivity (Wildman–Crippen MR) is 133 cm³/mol. The lowest BCUT2D eigenvalue weighted by Crippen LogP contribution is -2.50. The molecule has 34 heavy (non-hydrogen) atoms. The first-order chi connectivity index (χ1) is 16.5. The van der Waals surface area contributed by atoms with E-state index in [-0.39, 0.29) is 24.0 Å². The van der Waals surface area contributed by atoms with Gasteiger partial charge in [-0.15, -0.1) is 0 Å². The first-order valence-corrected chi connectivity index (χ1v) is 12.2. The molecule has 8 heteroatoms. The third kappa shape index (κ3) is 6.34. The number of hydrogen-bond donors (Lipinski definition) is 4. The molecule has 0 spiro atoms. The molecule has 2 atom stereocenters. The van der Waals surface area contributed by atoms with Crippen LogP contribution in [0.2, 0.25) is 0 Å². The Labute approximate surface area is 201 Å². The van der Waals surface area contributed by atoms with Crippen molar-refractivity contribution in [2.75, 3.05) is 38.0 Å². The van der Waals surface area contributed by atoms with E-state index >= 15 is 0 Å². The second-order valence-corrected chi connectivity index (χ2v) is 9.29. The highest BCUT2D eigenvalue weighted by Gasteiger charge is 2.31. The molecule has 0 saturated carbocycles. The van der Waals surface area contributed by atoms with Gasteiger partial charge in [0.1, 0.15) is 0 Å². The fourth-order valence-electron chi connectivity index (χ4n) is 5.06. The molecular weight excluding hydrogens is 430 g/mol. The zero-order valence-electron chi connectivity index (χ0n) is 19.5. The smallest absolute Gasteiger partial charge is 0.319 e. The van der Waals surface area contributed by atoms with Crippen LogP contribution in [0.15, 0.2) is 54.6 Å². The minimum absolute atomic E-state index is 0.0927. The van der Waals surface area contributed by atoms with Gasteiger partial charge in [0.05, 0.1) is 17.8 Å². The number of nitrogens with one attached hydrogen (secondary N) is 2. The fourth-order valence-corrected chi connectivity index (χ4v) is 5.06. The maximum atomic E-state index is 12.7. The van der Waals surface area contributed by atoms with Crippen LogP contribution in [0.1, 0.15) is 25.7 Å². The maximum absolute atomic E-state index is 12.7. The van der Waals surface area contributed by atoms with Gasteiger partial charge in [0.15, 0.2) is 0 Å². The van der Waals surface area contributed by atoms with Crippen LogP contribution in [0.25, 0.3) is 11.1 Å². The van der Waals surface area contributed by atoms with Crippen LogP contribution in [0, 0.1) is 0 Å². The van der Waals surface area contributed by atoms with Crippen molar-refractivity contribution in [2.24, 2.45) is 5.73 Å². The van der Waals surface area contributed by atoms with E-state index < -0.39 is 6.10 Å². The molecule has 1 unspecified atom stereocenters. The predicted octanol–water partition coefficient (Wildman–Crippen LogP) is 2.25. The average Bonchev–Trinajstić information content (AvgIpc) is 3.29. The number of nitrogens with zero attached hydrogens (tertiary/aromatic N) is 2. The van der Waals surface area contributed by atoms with Crippen molar-refractivity contribution >= 4 is 17.6 Å². The lowest BCUT2D eigenvalue weighted by Gasteiger charge is -2.34. The van der Waals surface area contributed by atoms with Crippen molar-refractivity contribution in [1.29, 1.82) is 0 Å². The molecule has 0 bridgehead atoms. The Balaban J connectivity index is 1.22. The highest BCUT2D eigenvalue weighted by molar-refractivity contribution is 5.94. The average molecular weight is 466 g/mol. The third-order valence-corrected chi connectivity index (χ3v) is 6.79. The number of carbonyl (C=O) groups excluding carboxylic acids is 2. The van der Waals surface area contributed by atoms with Crippen molar-refractivity contribution in [2.45, 2.75) is 43.9 Å². The van der Waals surface area contributed by atoms with Gasteiger partial charge in [-0.05, 0) is 43.9 Å². The van der Waals surface area contributed by atoms with Crippen LogP contribution in [0.5, 0.6) is 0 Å². The van der Waals surface area contributed by atoms with Gasteiger partial charge < -0.3 is 26.4 Å². The molecular formula is C26H35N5O3. The van der Waals surface area contributed by atoms with Gasteiger partial charge in [-0.3, -0.25) is 9.69 Å². The Bertz CT molecular complexity index is 962. The highest BCUT2D eigenvalue weighted by Crippen LogP contribution is 2.27. The monoisotopic (exact) mass is 465 g/mol. The Morgan fingerprint density at radius 2 is 1.68 bits per heavy atom. The van der Waals surface area contributed by atoms with Gasteiger partial charge >= 0.3 is 6.03 Å². The largest absolute Gasteiger partial charge is 0.390 e. The SMILES string of the molecule is NC(=O)[C@@H]1CCCN1CC(O)CN1CCC(NC(=O)Nc2ccccc2-c2ccccc2)CC1. The van der Waals surface area contributed by atoms with Crippen LogP contribution in [0.3, 0.4) is 0 Å². The summed E-state index contributed by atoms with van der Waals surface area (Å²) in [6.07, 6.45) is 2.84. The number of aliphatic hydroxyl groups excluding tert-OH is 1. The number of likely N-dealkylation sites (tertiary alicyclic amines) is 2. The molecule has 2 aromatic rings. The van der Waals surface area contributed by atoms with E-state index in [1.54, 1.807) is 0 Å². The summed E-state index contributed by atoms with van der Waals surface area (Å²) < 4.78 is 0. The topological polar surface area (TPSA) is 111 Å². The highest BCUT2D eigenvalue weighted by atomic mass is 16.3. The molecule has 182 valence electrons. The lowest BCUT2D eigenvalue weighted by atomic mass is 10.0. The molecule has 2 aliphatic heterocycles. The molecule has 0 aliphatic carbocycles. The molecule has 2 heterocycles. The Kier molecular flexibility index (Phi) is 8.16. The van der Waals surface area contributed by atoms with E-state index in [1.807, 2.05) is 59.5 Å². The van der Waals surface area contributed by atoms with Crippen LogP contribution in [0.4, 0.5) is 10.5 Å². The summed E-state index contributed by atoms with van der Waals surface area (Å²) in [5, 5.41) is 16.6.